The van der Waals surface area contributed by atoms with E-state index in [9.17, 15) is 8.42 Å². The first-order valence-corrected chi connectivity index (χ1v) is 5.90. The van der Waals surface area contributed by atoms with Gasteiger partial charge >= 0.3 is 0 Å². The molecule has 0 bridgehead atoms. The van der Waals surface area contributed by atoms with Gasteiger partial charge in [0.15, 0.2) is 0 Å². The molecule has 0 aliphatic rings. The number of rotatable bonds is 2. The van der Waals surface area contributed by atoms with E-state index in [-0.39, 0.29) is 4.90 Å². The van der Waals surface area contributed by atoms with Crippen LogP contribution in [-0.4, -0.2) is 8.42 Å². The molecule has 3 nitrogen and oxygen atoms in total. The Morgan fingerprint density at radius 2 is 2.00 bits per heavy atom. The van der Waals surface area contributed by atoms with Gasteiger partial charge in [-0.1, -0.05) is 17.7 Å². The lowest BCUT2D eigenvalue weighted by Gasteiger charge is -2.04. The zero-order valence-corrected chi connectivity index (χ0v) is 9.38. The van der Waals surface area contributed by atoms with E-state index in [2.05, 4.69) is 0 Å². The second-order valence-corrected chi connectivity index (χ2v) is 5.05. The molecule has 0 N–H and O–H groups in total. The minimum Gasteiger partial charge on any atom is -0.219 e. The molecule has 1 aromatic carbocycles. The molecule has 0 aliphatic carbocycles. The number of allylic oxidation sites excluding steroid dienone is 1. The molecule has 0 amide bonds. The van der Waals surface area contributed by atoms with Crippen molar-refractivity contribution in [3.63, 3.8) is 0 Å². The van der Waals surface area contributed by atoms with Crippen molar-refractivity contribution in [2.45, 2.75) is 18.7 Å². The summed E-state index contributed by atoms with van der Waals surface area (Å²) in [5.41, 5.74) is 1.70. The molecular formula is C11H11NO2S. The first-order chi connectivity index (χ1) is 6.97. The minimum atomic E-state index is -3.47. The van der Waals surface area contributed by atoms with E-state index < -0.39 is 9.84 Å². The van der Waals surface area contributed by atoms with Crippen LogP contribution >= 0.6 is 0 Å². The van der Waals surface area contributed by atoms with Gasteiger partial charge in [0.2, 0.25) is 9.84 Å². The van der Waals surface area contributed by atoms with Gasteiger partial charge in [-0.2, -0.15) is 5.26 Å². The highest BCUT2D eigenvalue weighted by molar-refractivity contribution is 7.94. The summed E-state index contributed by atoms with van der Waals surface area (Å²) in [4.78, 5) is 0.250. The van der Waals surface area contributed by atoms with Crippen molar-refractivity contribution in [1.82, 2.24) is 0 Å². The summed E-state index contributed by atoms with van der Waals surface area (Å²) < 4.78 is 23.4. The Kier molecular flexibility index (Phi) is 3.28. The van der Waals surface area contributed by atoms with Crippen molar-refractivity contribution in [2.75, 3.05) is 0 Å². The Morgan fingerprint density at radius 3 is 2.53 bits per heavy atom. The third kappa shape index (κ3) is 2.67. The lowest BCUT2D eigenvalue weighted by atomic mass is 10.2. The van der Waals surface area contributed by atoms with Gasteiger partial charge in [-0.15, -0.1) is 0 Å². The van der Waals surface area contributed by atoms with Crippen molar-refractivity contribution in [1.29, 1.82) is 5.26 Å². The maximum atomic E-state index is 11.7. The van der Waals surface area contributed by atoms with E-state index >= 15 is 0 Å². The van der Waals surface area contributed by atoms with Crippen molar-refractivity contribution in [3.8, 4) is 6.07 Å². The average molecular weight is 221 g/mol. The van der Waals surface area contributed by atoms with E-state index in [1.54, 1.807) is 31.2 Å². The average Bonchev–Trinajstić information content (AvgIpc) is 2.14. The molecule has 15 heavy (non-hydrogen) atoms. The first-order valence-electron chi connectivity index (χ1n) is 4.36. The number of sulfone groups is 1. The SMILES string of the molecule is Cc1ccc(S(=O)(=O)C=CC#N)c(C)c1. The number of hydrogen-bond donors (Lipinski definition) is 0. The summed E-state index contributed by atoms with van der Waals surface area (Å²) in [6, 6.07) is 6.76. The smallest absolute Gasteiger partial charge is 0.200 e. The van der Waals surface area contributed by atoms with E-state index in [1.165, 1.54) is 0 Å². The van der Waals surface area contributed by atoms with Crippen LogP contribution in [0.2, 0.25) is 0 Å². The predicted octanol–water partition coefficient (Wildman–Crippen LogP) is 2.11. The molecule has 0 fully saturated rings. The Bertz CT molecular complexity index is 536. The lowest BCUT2D eigenvalue weighted by molar-refractivity contribution is 0.604. The van der Waals surface area contributed by atoms with Gasteiger partial charge in [0.25, 0.3) is 0 Å². The van der Waals surface area contributed by atoms with E-state index in [1.807, 2.05) is 6.92 Å². The third-order valence-electron chi connectivity index (χ3n) is 1.96. The topological polar surface area (TPSA) is 57.9 Å². The lowest BCUT2D eigenvalue weighted by Crippen LogP contribution is -1.99. The zero-order valence-electron chi connectivity index (χ0n) is 8.56. The van der Waals surface area contributed by atoms with Crippen LogP contribution in [0.4, 0.5) is 0 Å². The molecule has 0 heterocycles. The Morgan fingerprint density at radius 1 is 1.33 bits per heavy atom. The number of nitriles is 1. The van der Waals surface area contributed by atoms with Crippen molar-refractivity contribution < 1.29 is 8.42 Å². The molecule has 0 atom stereocenters. The van der Waals surface area contributed by atoms with Crippen LogP contribution in [0.25, 0.3) is 0 Å². The second-order valence-electron chi connectivity index (χ2n) is 3.25. The molecule has 78 valence electrons. The van der Waals surface area contributed by atoms with Crippen LogP contribution in [0.15, 0.2) is 34.6 Å². The van der Waals surface area contributed by atoms with Crippen molar-refractivity contribution in [3.05, 3.63) is 40.8 Å². The monoisotopic (exact) mass is 221 g/mol. The van der Waals surface area contributed by atoms with Gasteiger partial charge < -0.3 is 0 Å². The second kappa shape index (κ2) is 4.28. The largest absolute Gasteiger partial charge is 0.219 e. The standard InChI is InChI=1S/C11H11NO2S/c1-9-4-5-11(10(2)8-9)15(13,14)7-3-6-12/h3-5,7-8H,1-2H3. The van der Waals surface area contributed by atoms with Crippen LogP contribution in [0.1, 0.15) is 11.1 Å². The number of hydrogen-bond acceptors (Lipinski definition) is 3. The highest BCUT2D eigenvalue weighted by atomic mass is 32.2. The maximum Gasteiger partial charge on any atom is 0.200 e. The van der Waals surface area contributed by atoms with E-state index in [0.717, 1.165) is 17.0 Å². The van der Waals surface area contributed by atoms with Crippen LogP contribution in [0.5, 0.6) is 0 Å². The summed E-state index contributed by atoms with van der Waals surface area (Å²) in [6.45, 7) is 3.63. The number of benzene rings is 1. The fourth-order valence-corrected chi connectivity index (χ4v) is 2.46. The molecule has 0 radical (unpaired) electrons. The molecule has 4 heteroatoms. The van der Waals surface area contributed by atoms with Crippen LogP contribution in [0.3, 0.4) is 0 Å². The van der Waals surface area contributed by atoms with E-state index in [4.69, 9.17) is 5.26 Å². The number of aryl methyl sites for hydroxylation is 2. The van der Waals surface area contributed by atoms with Gasteiger partial charge in [-0.25, -0.2) is 8.42 Å². The Hall–Kier alpha value is -1.60. The van der Waals surface area contributed by atoms with Gasteiger partial charge in [0, 0.05) is 11.5 Å². The van der Waals surface area contributed by atoms with Gasteiger partial charge in [0.05, 0.1) is 11.0 Å². The molecule has 0 aliphatic heterocycles. The minimum absolute atomic E-state index is 0.250. The summed E-state index contributed by atoms with van der Waals surface area (Å²) in [5.74, 6) is 0. The Labute approximate surface area is 89.6 Å². The molecule has 0 unspecified atom stereocenters. The van der Waals surface area contributed by atoms with Crippen LogP contribution in [0, 0.1) is 25.2 Å². The Balaban J connectivity index is 3.30. The molecule has 0 saturated heterocycles. The molecular weight excluding hydrogens is 210 g/mol. The van der Waals surface area contributed by atoms with Gasteiger partial charge in [-0.05, 0) is 25.5 Å². The third-order valence-corrected chi connectivity index (χ3v) is 3.52. The molecule has 1 aromatic rings. The fraction of sp³-hybridized carbons (Fsp3) is 0.182. The maximum absolute atomic E-state index is 11.7. The van der Waals surface area contributed by atoms with Gasteiger partial charge in [0.1, 0.15) is 0 Å². The summed E-state index contributed by atoms with van der Waals surface area (Å²) >= 11 is 0. The van der Waals surface area contributed by atoms with Crippen molar-refractivity contribution in [2.24, 2.45) is 0 Å². The van der Waals surface area contributed by atoms with Crippen LogP contribution < -0.4 is 0 Å². The highest BCUT2D eigenvalue weighted by Gasteiger charge is 2.12. The quantitative estimate of drug-likeness (QED) is 0.719. The van der Waals surface area contributed by atoms with E-state index in [0.29, 0.717) is 5.56 Å². The van der Waals surface area contributed by atoms with Crippen LogP contribution in [-0.2, 0) is 9.84 Å². The summed E-state index contributed by atoms with van der Waals surface area (Å²) in [6.07, 6.45) is 0.967. The number of nitrogens with zero attached hydrogens (tertiary/aromatic N) is 1. The predicted molar refractivity (Wildman–Crippen MR) is 57.9 cm³/mol. The molecule has 0 saturated carbocycles. The molecule has 0 aromatic heterocycles. The highest BCUT2D eigenvalue weighted by Crippen LogP contribution is 2.18. The van der Waals surface area contributed by atoms with Crippen molar-refractivity contribution >= 4 is 9.84 Å². The summed E-state index contributed by atoms with van der Waals surface area (Å²) in [7, 11) is -3.47. The molecule has 0 spiro atoms. The first kappa shape index (κ1) is 11.5. The summed E-state index contributed by atoms with van der Waals surface area (Å²) in [5, 5.41) is 9.21. The fourth-order valence-electron chi connectivity index (χ4n) is 1.31. The zero-order chi connectivity index (χ0) is 11.5. The van der Waals surface area contributed by atoms with Gasteiger partial charge in [-0.3, -0.25) is 0 Å². The normalized spacial score (nSPS) is 11.5. The molecule has 1 rings (SSSR count).